The topological polar surface area (TPSA) is 86.5 Å². The normalized spacial score (nSPS) is 14.3. The third kappa shape index (κ3) is 3.58. The van der Waals surface area contributed by atoms with E-state index in [1.165, 1.54) is 17.0 Å². The molecule has 0 saturated carbocycles. The Labute approximate surface area is 185 Å². The molecule has 0 bridgehead atoms. The predicted molar refractivity (Wildman–Crippen MR) is 122 cm³/mol. The quantitative estimate of drug-likeness (QED) is 0.509. The SMILES string of the molecule is Cc1cc(=O)c(O)c([C@@H](CC(=O)N2CCc3c([nH]c4ccccc34)C2)c2ccccc2)o1. The zero-order valence-corrected chi connectivity index (χ0v) is 17.8. The van der Waals surface area contributed by atoms with Gasteiger partial charge < -0.3 is 19.4 Å². The number of aromatic amines is 1. The summed E-state index contributed by atoms with van der Waals surface area (Å²) in [5.41, 5.74) is 3.73. The molecule has 0 spiro atoms. The van der Waals surface area contributed by atoms with Crippen LogP contribution in [0.1, 0.15) is 40.7 Å². The number of H-pyrrole nitrogens is 1. The average molecular weight is 428 g/mol. The van der Waals surface area contributed by atoms with Gasteiger partial charge in [-0.05, 0) is 30.5 Å². The molecular weight excluding hydrogens is 404 g/mol. The number of para-hydroxylation sites is 1. The average Bonchev–Trinajstić information content (AvgIpc) is 3.18. The maximum absolute atomic E-state index is 13.4. The lowest BCUT2D eigenvalue weighted by Crippen LogP contribution is -2.36. The molecule has 32 heavy (non-hydrogen) atoms. The number of benzene rings is 2. The number of fused-ring (bicyclic) bond motifs is 3. The molecule has 0 fully saturated rings. The van der Waals surface area contributed by atoms with Crippen LogP contribution in [0.2, 0.25) is 0 Å². The molecule has 2 N–H and O–H groups in total. The van der Waals surface area contributed by atoms with Gasteiger partial charge in [0, 0.05) is 35.6 Å². The Morgan fingerprint density at radius 2 is 1.91 bits per heavy atom. The van der Waals surface area contributed by atoms with E-state index < -0.39 is 17.1 Å². The van der Waals surface area contributed by atoms with Crippen molar-refractivity contribution in [2.75, 3.05) is 6.54 Å². The smallest absolute Gasteiger partial charge is 0.227 e. The van der Waals surface area contributed by atoms with E-state index in [-0.39, 0.29) is 18.1 Å². The zero-order chi connectivity index (χ0) is 22.2. The van der Waals surface area contributed by atoms with Crippen LogP contribution in [0.25, 0.3) is 10.9 Å². The van der Waals surface area contributed by atoms with Crippen molar-refractivity contribution < 1.29 is 14.3 Å². The van der Waals surface area contributed by atoms with Crippen LogP contribution < -0.4 is 5.43 Å². The van der Waals surface area contributed by atoms with Crippen LogP contribution in [-0.2, 0) is 17.8 Å². The van der Waals surface area contributed by atoms with Crippen molar-refractivity contribution in [1.29, 1.82) is 0 Å². The molecule has 0 unspecified atom stereocenters. The van der Waals surface area contributed by atoms with Gasteiger partial charge in [-0.2, -0.15) is 0 Å². The first kappa shape index (κ1) is 20.1. The van der Waals surface area contributed by atoms with E-state index in [1.54, 1.807) is 6.92 Å². The third-order valence-electron chi connectivity index (χ3n) is 6.20. The number of aryl methyl sites for hydroxylation is 1. The molecule has 2 aromatic heterocycles. The van der Waals surface area contributed by atoms with Crippen molar-refractivity contribution >= 4 is 16.8 Å². The van der Waals surface area contributed by atoms with Crippen molar-refractivity contribution in [2.24, 2.45) is 0 Å². The molecule has 0 radical (unpaired) electrons. The molecule has 1 amide bonds. The highest BCUT2D eigenvalue weighted by Gasteiger charge is 2.30. The molecular formula is C26H24N2O4. The molecule has 1 atom stereocenters. The van der Waals surface area contributed by atoms with Gasteiger partial charge in [0.05, 0.1) is 12.5 Å². The van der Waals surface area contributed by atoms with Crippen LogP contribution in [-0.4, -0.2) is 27.4 Å². The van der Waals surface area contributed by atoms with Crippen LogP contribution in [0, 0.1) is 6.92 Å². The highest BCUT2D eigenvalue weighted by atomic mass is 16.4. The van der Waals surface area contributed by atoms with Gasteiger partial charge in [-0.1, -0.05) is 48.5 Å². The van der Waals surface area contributed by atoms with Gasteiger partial charge in [0.1, 0.15) is 5.76 Å². The minimum Gasteiger partial charge on any atom is -0.502 e. The number of carbonyl (C=O) groups excluding carboxylic acids is 1. The summed E-state index contributed by atoms with van der Waals surface area (Å²) < 4.78 is 5.76. The van der Waals surface area contributed by atoms with E-state index in [0.717, 1.165) is 23.2 Å². The number of hydrogen-bond donors (Lipinski definition) is 2. The van der Waals surface area contributed by atoms with Gasteiger partial charge in [-0.25, -0.2) is 0 Å². The fraction of sp³-hybridized carbons (Fsp3) is 0.231. The fourth-order valence-electron chi connectivity index (χ4n) is 4.62. The van der Waals surface area contributed by atoms with Crippen LogP contribution in [0.3, 0.4) is 0 Å². The van der Waals surface area contributed by atoms with E-state index in [9.17, 15) is 14.7 Å². The number of amides is 1. The summed E-state index contributed by atoms with van der Waals surface area (Å²) in [6, 6.07) is 18.8. The third-order valence-corrected chi connectivity index (χ3v) is 6.20. The number of carbonyl (C=O) groups is 1. The second-order valence-corrected chi connectivity index (χ2v) is 8.29. The number of hydrogen-bond acceptors (Lipinski definition) is 4. The molecule has 0 saturated heterocycles. The molecule has 0 aliphatic carbocycles. The van der Waals surface area contributed by atoms with E-state index in [1.807, 2.05) is 53.4 Å². The fourth-order valence-corrected chi connectivity index (χ4v) is 4.62. The first-order valence-corrected chi connectivity index (χ1v) is 10.8. The summed E-state index contributed by atoms with van der Waals surface area (Å²) in [4.78, 5) is 30.8. The number of nitrogens with one attached hydrogen (secondary N) is 1. The highest BCUT2D eigenvalue weighted by Crippen LogP contribution is 2.34. The molecule has 5 rings (SSSR count). The first-order chi connectivity index (χ1) is 15.5. The van der Waals surface area contributed by atoms with Crippen LogP contribution in [0.5, 0.6) is 5.75 Å². The van der Waals surface area contributed by atoms with E-state index in [4.69, 9.17) is 4.42 Å². The lowest BCUT2D eigenvalue weighted by molar-refractivity contribution is -0.132. The van der Waals surface area contributed by atoms with Crippen LogP contribution >= 0.6 is 0 Å². The van der Waals surface area contributed by atoms with Crippen molar-refractivity contribution in [1.82, 2.24) is 9.88 Å². The van der Waals surface area contributed by atoms with Gasteiger partial charge >= 0.3 is 0 Å². The second-order valence-electron chi connectivity index (χ2n) is 8.29. The Morgan fingerprint density at radius 1 is 1.16 bits per heavy atom. The first-order valence-electron chi connectivity index (χ1n) is 10.8. The van der Waals surface area contributed by atoms with E-state index in [2.05, 4.69) is 11.1 Å². The van der Waals surface area contributed by atoms with E-state index >= 15 is 0 Å². The molecule has 2 aromatic carbocycles. The lowest BCUT2D eigenvalue weighted by atomic mass is 9.91. The summed E-state index contributed by atoms with van der Waals surface area (Å²) in [7, 11) is 0. The summed E-state index contributed by atoms with van der Waals surface area (Å²) in [5, 5.41) is 11.7. The number of rotatable bonds is 4. The minimum absolute atomic E-state index is 0.0493. The summed E-state index contributed by atoms with van der Waals surface area (Å²) in [6.45, 7) is 2.79. The minimum atomic E-state index is -0.555. The molecule has 4 aromatic rings. The van der Waals surface area contributed by atoms with Crippen LogP contribution in [0.4, 0.5) is 0 Å². The Morgan fingerprint density at radius 3 is 2.72 bits per heavy atom. The van der Waals surface area contributed by atoms with Gasteiger partial charge in [-0.15, -0.1) is 0 Å². The molecule has 1 aliphatic rings. The van der Waals surface area contributed by atoms with Crippen LogP contribution in [0.15, 0.2) is 69.9 Å². The zero-order valence-electron chi connectivity index (χ0n) is 17.8. The predicted octanol–water partition coefficient (Wildman–Crippen LogP) is 4.24. The van der Waals surface area contributed by atoms with E-state index in [0.29, 0.717) is 18.8 Å². The molecule has 162 valence electrons. The van der Waals surface area contributed by atoms with Crippen molar-refractivity contribution in [3.05, 3.63) is 99.2 Å². The standard InChI is InChI=1S/C26H24N2O4/c1-16-13-23(29)25(31)26(32-16)20(17-7-3-2-4-8-17)14-24(30)28-12-11-19-18-9-5-6-10-21(18)27-22(19)15-28/h2-10,13,20,27,31H,11-12,14-15H2,1H3/t20-/m0/s1. The van der Waals surface area contributed by atoms with Crippen molar-refractivity contribution in [3.63, 3.8) is 0 Å². The van der Waals surface area contributed by atoms with Gasteiger partial charge in [0.25, 0.3) is 0 Å². The number of aromatic hydroxyl groups is 1. The molecule has 6 nitrogen and oxygen atoms in total. The Bertz CT molecular complexity index is 1350. The Balaban J connectivity index is 1.45. The van der Waals surface area contributed by atoms with Crippen molar-refractivity contribution in [3.8, 4) is 5.75 Å². The monoisotopic (exact) mass is 428 g/mol. The summed E-state index contributed by atoms with van der Waals surface area (Å²) in [6.07, 6.45) is 0.880. The maximum Gasteiger partial charge on any atom is 0.227 e. The lowest BCUT2D eigenvalue weighted by Gasteiger charge is -2.29. The Hall–Kier alpha value is -3.80. The van der Waals surface area contributed by atoms with Crippen molar-refractivity contribution in [2.45, 2.75) is 32.2 Å². The van der Waals surface area contributed by atoms with Gasteiger partial charge in [-0.3, -0.25) is 9.59 Å². The number of nitrogens with zero attached hydrogens (tertiary/aromatic N) is 1. The molecule has 6 heteroatoms. The highest BCUT2D eigenvalue weighted by molar-refractivity contribution is 5.86. The summed E-state index contributed by atoms with van der Waals surface area (Å²) in [5.74, 6) is -0.504. The molecule has 3 heterocycles. The molecule has 1 aliphatic heterocycles. The second kappa shape index (κ2) is 8.04. The summed E-state index contributed by atoms with van der Waals surface area (Å²) >= 11 is 0. The van der Waals surface area contributed by atoms with Gasteiger partial charge in [0.15, 0.2) is 5.76 Å². The maximum atomic E-state index is 13.4. The number of aromatic nitrogens is 1. The van der Waals surface area contributed by atoms with Gasteiger partial charge in [0.2, 0.25) is 17.1 Å². The largest absolute Gasteiger partial charge is 0.502 e. The Kier molecular flexibility index (Phi) is 5.05.